The molecular weight excluding hydrogens is 195 g/mol. The Morgan fingerprint density at radius 2 is 2.00 bits per heavy atom. The van der Waals surface area contributed by atoms with Crippen molar-refractivity contribution >= 4 is 16.6 Å². The van der Waals surface area contributed by atoms with E-state index >= 15 is 0 Å². The van der Waals surface area contributed by atoms with Gasteiger partial charge in [-0.25, -0.2) is 4.39 Å². The summed E-state index contributed by atoms with van der Waals surface area (Å²) in [7, 11) is 3.51. The SMILES string of the molecule is CN(C)c1cc2[nH]c(=O)ccc2cc1F. The Morgan fingerprint density at radius 1 is 1.27 bits per heavy atom. The first-order chi connectivity index (χ1) is 7.08. The maximum Gasteiger partial charge on any atom is 0.248 e. The van der Waals surface area contributed by atoms with Crippen LogP contribution < -0.4 is 10.5 Å². The number of aromatic amines is 1. The van der Waals surface area contributed by atoms with Crippen LogP contribution in [0.5, 0.6) is 0 Å². The molecule has 0 radical (unpaired) electrons. The third kappa shape index (κ3) is 1.70. The fourth-order valence-electron chi connectivity index (χ4n) is 1.51. The quantitative estimate of drug-likeness (QED) is 0.771. The number of hydrogen-bond acceptors (Lipinski definition) is 2. The zero-order valence-corrected chi connectivity index (χ0v) is 8.54. The second kappa shape index (κ2) is 3.38. The molecule has 0 aliphatic carbocycles. The second-order valence-electron chi connectivity index (χ2n) is 3.61. The Bertz CT molecular complexity index is 560. The molecule has 2 rings (SSSR count). The molecule has 0 amide bonds. The molecule has 0 unspecified atom stereocenters. The molecule has 0 saturated carbocycles. The van der Waals surface area contributed by atoms with Crippen molar-refractivity contribution in [1.29, 1.82) is 0 Å². The molecule has 78 valence electrons. The first-order valence-corrected chi connectivity index (χ1v) is 4.58. The molecule has 0 spiro atoms. The van der Waals surface area contributed by atoms with Crippen molar-refractivity contribution in [2.75, 3.05) is 19.0 Å². The molecule has 1 aromatic heterocycles. The lowest BCUT2D eigenvalue weighted by Gasteiger charge is -2.13. The Labute approximate surface area is 86.1 Å². The maximum atomic E-state index is 13.5. The van der Waals surface area contributed by atoms with Gasteiger partial charge in [0.25, 0.3) is 0 Å². The van der Waals surface area contributed by atoms with Crippen LogP contribution in [-0.2, 0) is 0 Å². The number of H-pyrrole nitrogens is 1. The summed E-state index contributed by atoms with van der Waals surface area (Å²) in [5.74, 6) is -0.292. The highest BCUT2D eigenvalue weighted by molar-refractivity contribution is 5.82. The highest BCUT2D eigenvalue weighted by atomic mass is 19.1. The van der Waals surface area contributed by atoms with E-state index in [-0.39, 0.29) is 11.4 Å². The van der Waals surface area contributed by atoms with Crippen LogP contribution in [0.1, 0.15) is 0 Å². The minimum atomic E-state index is -0.292. The molecule has 0 bridgehead atoms. The van der Waals surface area contributed by atoms with Crippen molar-refractivity contribution in [2.45, 2.75) is 0 Å². The number of benzene rings is 1. The smallest absolute Gasteiger partial charge is 0.248 e. The minimum absolute atomic E-state index is 0.182. The molecule has 1 heterocycles. The van der Waals surface area contributed by atoms with Crippen molar-refractivity contribution in [3.8, 4) is 0 Å². The van der Waals surface area contributed by atoms with Gasteiger partial charge in [-0.2, -0.15) is 0 Å². The van der Waals surface area contributed by atoms with E-state index in [9.17, 15) is 9.18 Å². The molecule has 15 heavy (non-hydrogen) atoms. The Hall–Kier alpha value is -1.84. The normalized spacial score (nSPS) is 10.6. The van der Waals surface area contributed by atoms with Crippen LogP contribution in [-0.4, -0.2) is 19.1 Å². The van der Waals surface area contributed by atoms with Crippen LogP contribution >= 0.6 is 0 Å². The molecule has 3 nitrogen and oxygen atoms in total. The van der Waals surface area contributed by atoms with Gasteiger partial charge in [0, 0.05) is 25.5 Å². The van der Waals surface area contributed by atoms with Gasteiger partial charge in [-0.1, -0.05) is 0 Å². The number of halogens is 1. The molecule has 1 aromatic carbocycles. The summed E-state index contributed by atoms with van der Waals surface area (Å²) in [6.45, 7) is 0. The number of fused-ring (bicyclic) bond motifs is 1. The molecule has 1 N–H and O–H groups in total. The third-order valence-corrected chi connectivity index (χ3v) is 2.27. The van der Waals surface area contributed by atoms with Gasteiger partial charge >= 0.3 is 0 Å². The molecule has 4 heteroatoms. The van der Waals surface area contributed by atoms with Crippen molar-refractivity contribution in [3.05, 3.63) is 40.4 Å². The summed E-state index contributed by atoms with van der Waals surface area (Å²) in [5.41, 5.74) is 0.927. The Morgan fingerprint density at radius 3 is 2.67 bits per heavy atom. The number of pyridine rings is 1. The summed E-state index contributed by atoms with van der Waals surface area (Å²) in [5, 5.41) is 0.692. The molecule has 0 atom stereocenters. The summed E-state index contributed by atoms with van der Waals surface area (Å²) in [4.78, 5) is 15.4. The summed E-state index contributed by atoms with van der Waals surface area (Å²) >= 11 is 0. The van der Waals surface area contributed by atoms with Crippen LogP contribution in [0.25, 0.3) is 10.9 Å². The summed E-state index contributed by atoms with van der Waals surface area (Å²) in [6.07, 6.45) is 0. The number of aromatic nitrogens is 1. The van der Waals surface area contributed by atoms with Crippen LogP contribution in [0.4, 0.5) is 10.1 Å². The number of anilines is 1. The van der Waals surface area contributed by atoms with Gasteiger partial charge in [-0.05, 0) is 18.2 Å². The fraction of sp³-hybridized carbons (Fsp3) is 0.182. The molecule has 0 aliphatic rings. The first kappa shape index (κ1) is 9.71. The number of hydrogen-bond donors (Lipinski definition) is 1. The number of rotatable bonds is 1. The number of nitrogens with one attached hydrogen (secondary N) is 1. The molecular formula is C11H11FN2O. The van der Waals surface area contributed by atoms with E-state index in [2.05, 4.69) is 4.98 Å². The topological polar surface area (TPSA) is 36.1 Å². The monoisotopic (exact) mass is 206 g/mol. The lowest BCUT2D eigenvalue weighted by molar-refractivity contribution is 0.628. The zero-order chi connectivity index (χ0) is 11.0. The van der Waals surface area contributed by atoms with Gasteiger partial charge in [-0.3, -0.25) is 4.79 Å². The largest absolute Gasteiger partial charge is 0.375 e. The van der Waals surface area contributed by atoms with Crippen molar-refractivity contribution in [3.63, 3.8) is 0 Å². The van der Waals surface area contributed by atoms with Crippen molar-refractivity contribution in [1.82, 2.24) is 4.98 Å². The van der Waals surface area contributed by atoms with Crippen LogP contribution in [0, 0.1) is 5.82 Å². The average molecular weight is 206 g/mol. The van der Waals surface area contributed by atoms with Crippen molar-refractivity contribution < 1.29 is 4.39 Å². The lowest BCUT2D eigenvalue weighted by atomic mass is 10.2. The van der Waals surface area contributed by atoms with E-state index in [0.717, 1.165) is 0 Å². The predicted octanol–water partition coefficient (Wildman–Crippen LogP) is 1.73. The van der Waals surface area contributed by atoms with E-state index in [1.165, 1.54) is 12.1 Å². The van der Waals surface area contributed by atoms with E-state index < -0.39 is 0 Å². The fourth-order valence-corrected chi connectivity index (χ4v) is 1.51. The van der Waals surface area contributed by atoms with Gasteiger partial charge in [0.1, 0.15) is 5.82 Å². The van der Waals surface area contributed by atoms with Gasteiger partial charge in [0.05, 0.1) is 11.2 Å². The minimum Gasteiger partial charge on any atom is -0.375 e. The highest BCUT2D eigenvalue weighted by Gasteiger charge is 2.06. The number of nitrogens with zero attached hydrogens (tertiary/aromatic N) is 1. The van der Waals surface area contributed by atoms with Gasteiger partial charge in [0.15, 0.2) is 0 Å². The Kier molecular flexibility index (Phi) is 2.19. The average Bonchev–Trinajstić information content (AvgIpc) is 2.17. The first-order valence-electron chi connectivity index (χ1n) is 4.58. The third-order valence-electron chi connectivity index (χ3n) is 2.27. The van der Waals surface area contributed by atoms with Gasteiger partial charge in [-0.15, -0.1) is 0 Å². The molecule has 2 aromatic rings. The van der Waals surface area contributed by atoms with Gasteiger partial charge in [0.2, 0.25) is 5.56 Å². The van der Waals surface area contributed by atoms with E-state index in [0.29, 0.717) is 16.6 Å². The Balaban J connectivity index is 2.77. The van der Waals surface area contributed by atoms with Gasteiger partial charge < -0.3 is 9.88 Å². The standard InChI is InChI=1S/C11H11FN2O/c1-14(2)10-6-9-7(5-8(10)12)3-4-11(15)13-9/h3-6H,1-2H3,(H,13,15). The van der Waals surface area contributed by atoms with E-state index in [1.54, 1.807) is 31.1 Å². The van der Waals surface area contributed by atoms with E-state index in [4.69, 9.17) is 0 Å². The maximum absolute atomic E-state index is 13.5. The second-order valence-corrected chi connectivity index (χ2v) is 3.61. The zero-order valence-electron chi connectivity index (χ0n) is 8.54. The van der Waals surface area contributed by atoms with Crippen molar-refractivity contribution in [2.24, 2.45) is 0 Å². The summed E-state index contributed by atoms with van der Waals surface area (Å²) in [6, 6.07) is 6.04. The van der Waals surface area contributed by atoms with E-state index in [1.807, 2.05) is 0 Å². The lowest BCUT2D eigenvalue weighted by Crippen LogP contribution is -2.11. The highest BCUT2D eigenvalue weighted by Crippen LogP contribution is 2.22. The molecule has 0 aliphatic heterocycles. The van der Waals surface area contributed by atoms with Crippen LogP contribution in [0.15, 0.2) is 29.1 Å². The predicted molar refractivity (Wildman–Crippen MR) is 58.9 cm³/mol. The summed E-state index contributed by atoms with van der Waals surface area (Å²) < 4.78 is 13.5. The molecule has 0 saturated heterocycles. The van der Waals surface area contributed by atoms with Crippen LogP contribution in [0.3, 0.4) is 0 Å². The molecule has 0 fully saturated rings. The van der Waals surface area contributed by atoms with Crippen LogP contribution in [0.2, 0.25) is 0 Å².